The molecule has 0 saturated carbocycles. The van der Waals surface area contributed by atoms with Gasteiger partial charge in [0.05, 0.1) is 61.9 Å². The third kappa shape index (κ3) is 14.3. The number of aliphatic hydroxyl groups is 2. The van der Waals surface area contributed by atoms with Gasteiger partial charge in [0.1, 0.15) is 0 Å². The molecule has 2 aliphatic rings. The Morgan fingerprint density at radius 1 is 0.684 bits per heavy atom. The topological polar surface area (TPSA) is 186 Å². The third-order valence-electron chi connectivity index (χ3n) is 8.71. The SMILES string of the molecule is COc1cc(/C=C/C=C/C(=O)N2CCN(C(=O)/C=C/C=C/c3cc(OC)c(OC)c(OC)c3)C(CN3CCOCC3)C2)cc(OC)c1OC.O=C(O)/C=C/C(O)O. The molecule has 57 heavy (non-hydrogen) atoms. The summed E-state index contributed by atoms with van der Waals surface area (Å²) in [5, 5.41) is 23.9. The molecule has 0 aliphatic carbocycles. The summed E-state index contributed by atoms with van der Waals surface area (Å²) in [7, 11) is 9.38. The van der Waals surface area contributed by atoms with Gasteiger partial charge in [0, 0.05) is 57.5 Å². The van der Waals surface area contributed by atoms with Crippen LogP contribution in [0.4, 0.5) is 0 Å². The number of aliphatic hydroxyl groups excluding tert-OH is 1. The molecule has 310 valence electrons. The minimum absolute atomic E-state index is 0.108. The molecule has 0 aromatic heterocycles. The lowest BCUT2D eigenvalue weighted by Crippen LogP contribution is -2.60. The molecule has 2 aromatic carbocycles. The number of carboxylic acids is 1. The molecule has 1 atom stereocenters. The number of morpholine rings is 1. The molecule has 0 bridgehead atoms. The number of piperazine rings is 1. The number of allylic oxidation sites excluding steroid dienone is 4. The zero-order valence-electron chi connectivity index (χ0n) is 33.2. The van der Waals surface area contributed by atoms with Crippen LogP contribution in [-0.4, -0.2) is 155 Å². The highest BCUT2D eigenvalue weighted by Crippen LogP contribution is 2.39. The summed E-state index contributed by atoms with van der Waals surface area (Å²) in [6.07, 6.45) is 13.6. The zero-order chi connectivity index (χ0) is 41.7. The second-order valence-corrected chi connectivity index (χ2v) is 12.3. The number of benzene rings is 2. The average molecular weight is 796 g/mol. The van der Waals surface area contributed by atoms with Crippen molar-refractivity contribution in [1.82, 2.24) is 14.7 Å². The van der Waals surface area contributed by atoms with Gasteiger partial charge in [-0.15, -0.1) is 0 Å². The summed E-state index contributed by atoms with van der Waals surface area (Å²) in [6.45, 7) is 4.80. The second kappa shape index (κ2) is 24.0. The molecule has 2 aromatic rings. The van der Waals surface area contributed by atoms with Gasteiger partial charge in [0.15, 0.2) is 29.3 Å². The molecule has 4 rings (SSSR count). The Bertz CT molecular complexity index is 1730. The van der Waals surface area contributed by atoms with Crippen molar-refractivity contribution in [2.45, 2.75) is 12.3 Å². The molecule has 16 nitrogen and oxygen atoms in total. The Hall–Kier alpha value is -5.81. The molecule has 1 unspecified atom stereocenters. The lowest BCUT2D eigenvalue weighted by Gasteiger charge is -2.43. The maximum Gasteiger partial charge on any atom is 0.328 e. The van der Waals surface area contributed by atoms with Crippen LogP contribution in [0.5, 0.6) is 34.5 Å². The first-order valence-electron chi connectivity index (χ1n) is 17.9. The van der Waals surface area contributed by atoms with E-state index in [0.29, 0.717) is 80.0 Å². The number of carbonyl (C=O) groups excluding carboxylic acids is 2. The number of aliphatic carboxylic acids is 1. The van der Waals surface area contributed by atoms with E-state index in [1.54, 1.807) is 84.0 Å². The van der Waals surface area contributed by atoms with Gasteiger partial charge in [-0.1, -0.05) is 36.5 Å². The summed E-state index contributed by atoms with van der Waals surface area (Å²) >= 11 is 0. The number of rotatable bonds is 16. The number of ether oxygens (including phenoxy) is 7. The Kier molecular flexibility index (Phi) is 19.2. The van der Waals surface area contributed by atoms with Crippen molar-refractivity contribution < 1.29 is 62.9 Å². The van der Waals surface area contributed by atoms with E-state index in [1.165, 1.54) is 0 Å². The van der Waals surface area contributed by atoms with E-state index < -0.39 is 12.3 Å². The van der Waals surface area contributed by atoms with E-state index in [0.717, 1.165) is 30.3 Å². The van der Waals surface area contributed by atoms with Crippen LogP contribution in [0, 0.1) is 0 Å². The summed E-state index contributed by atoms with van der Waals surface area (Å²) < 4.78 is 38.0. The largest absolute Gasteiger partial charge is 0.493 e. The van der Waals surface area contributed by atoms with Crippen LogP contribution in [0.15, 0.2) is 72.9 Å². The lowest BCUT2D eigenvalue weighted by molar-refractivity contribution is -0.138. The smallest absolute Gasteiger partial charge is 0.328 e. The number of methoxy groups -OCH3 is 6. The van der Waals surface area contributed by atoms with E-state index >= 15 is 0 Å². The maximum atomic E-state index is 13.5. The normalized spacial score (nSPS) is 16.4. The van der Waals surface area contributed by atoms with Crippen molar-refractivity contribution in [3.63, 3.8) is 0 Å². The maximum absolute atomic E-state index is 13.5. The molecule has 3 N–H and O–H groups in total. The minimum Gasteiger partial charge on any atom is -0.493 e. The predicted octanol–water partition coefficient (Wildman–Crippen LogP) is 2.89. The van der Waals surface area contributed by atoms with E-state index in [4.69, 9.17) is 48.5 Å². The first-order chi connectivity index (χ1) is 27.5. The van der Waals surface area contributed by atoms with E-state index in [1.807, 2.05) is 41.3 Å². The molecular formula is C41H53N3O13. The first kappa shape index (κ1) is 45.6. The van der Waals surface area contributed by atoms with Crippen LogP contribution >= 0.6 is 0 Å². The highest BCUT2D eigenvalue weighted by Gasteiger charge is 2.32. The van der Waals surface area contributed by atoms with Crippen molar-refractivity contribution in [3.05, 3.63) is 84.0 Å². The molecule has 2 fully saturated rings. The average Bonchev–Trinajstić information content (AvgIpc) is 3.22. The minimum atomic E-state index is -1.67. The van der Waals surface area contributed by atoms with Gasteiger partial charge in [0.25, 0.3) is 0 Å². The molecule has 0 radical (unpaired) electrons. The van der Waals surface area contributed by atoms with Crippen LogP contribution in [0.1, 0.15) is 11.1 Å². The van der Waals surface area contributed by atoms with Gasteiger partial charge in [-0.25, -0.2) is 4.79 Å². The van der Waals surface area contributed by atoms with Crippen molar-refractivity contribution in [2.75, 3.05) is 95.1 Å². The Morgan fingerprint density at radius 3 is 1.56 bits per heavy atom. The van der Waals surface area contributed by atoms with Crippen molar-refractivity contribution in [3.8, 4) is 34.5 Å². The fourth-order valence-electron chi connectivity index (χ4n) is 5.96. The standard InChI is InChI=1S/C37H47N3O9.C4H6O4/c1-43-30-21-27(22-31(44-2)36(30)47-5)11-7-9-13-34(41)39-15-16-40(29(26-39)25-38-17-19-49-20-18-38)35(42)14-10-8-12-28-23-32(45-3)37(48-6)33(24-28)46-4;5-3(6)1-2-4(7)8/h7-14,21-24,29H,15-20,25-26H2,1-6H3;1-3,5-6H,(H,7,8)/b11-7+,12-8+,13-9+,14-10+;2-1+. The zero-order valence-corrected chi connectivity index (χ0v) is 33.2. The summed E-state index contributed by atoms with van der Waals surface area (Å²) in [6, 6.07) is 7.16. The summed E-state index contributed by atoms with van der Waals surface area (Å²) in [4.78, 5) is 42.2. The molecule has 16 heteroatoms. The molecular weight excluding hydrogens is 742 g/mol. The highest BCUT2D eigenvalue weighted by atomic mass is 16.5. The number of carbonyl (C=O) groups is 3. The van der Waals surface area contributed by atoms with Crippen LogP contribution < -0.4 is 28.4 Å². The summed E-state index contributed by atoms with van der Waals surface area (Å²) in [5.41, 5.74) is 1.66. The van der Waals surface area contributed by atoms with Gasteiger partial charge in [-0.2, -0.15) is 0 Å². The number of hydrogen-bond donors (Lipinski definition) is 3. The van der Waals surface area contributed by atoms with Crippen molar-refractivity contribution in [1.29, 1.82) is 0 Å². The molecule has 2 amide bonds. The Labute approximate surface area is 333 Å². The number of nitrogens with zero attached hydrogens (tertiary/aromatic N) is 3. The molecule has 2 saturated heterocycles. The molecule has 2 aliphatic heterocycles. The second-order valence-electron chi connectivity index (χ2n) is 12.3. The van der Waals surface area contributed by atoms with Gasteiger partial charge in [-0.3, -0.25) is 14.5 Å². The van der Waals surface area contributed by atoms with Crippen LogP contribution in [0.2, 0.25) is 0 Å². The fourth-order valence-corrected chi connectivity index (χ4v) is 5.96. The Balaban J connectivity index is 0.000000980. The predicted molar refractivity (Wildman–Crippen MR) is 213 cm³/mol. The van der Waals surface area contributed by atoms with Gasteiger partial charge in [0.2, 0.25) is 23.3 Å². The van der Waals surface area contributed by atoms with Crippen molar-refractivity contribution >= 4 is 29.9 Å². The third-order valence-corrected chi connectivity index (χ3v) is 8.71. The van der Waals surface area contributed by atoms with Crippen LogP contribution in [0.25, 0.3) is 12.2 Å². The summed E-state index contributed by atoms with van der Waals surface area (Å²) in [5.74, 6) is 1.79. The van der Waals surface area contributed by atoms with Gasteiger partial charge >= 0.3 is 5.97 Å². The molecule has 2 heterocycles. The molecule has 0 spiro atoms. The number of hydrogen-bond acceptors (Lipinski definition) is 13. The quantitative estimate of drug-likeness (QED) is 0.128. The van der Waals surface area contributed by atoms with E-state index in [2.05, 4.69) is 4.90 Å². The van der Waals surface area contributed by atoms with Gasteiger partial charge < -0.3 is 58.3 Å². The van der Waals surface area contributed by atoms with Crippen LogP contribution in [0.3, 0.4) is 0 Å². The lowest BCUT2D eigenvalue weighted by atomic mass is 10.1. The van der Waals surface area contributed by atoms with Crippen LogP contribution in [-0.2, 0) is 19.1 Å². The van der Waals surface area contributed by atoms with E-state index in [9.17, 15) is 14.4 Å². The van der Waals surface area contributed by atoms with E-state index in [-0.39, 0.29) is 17.9 Å². The monoisotopic (exact) mass is 795 g/mol. The first-order valence-corrected chi connectivity index (χ1v) is 17.9. The number of amides is 2. The number of carboxylic acid groups (broad SMARTS) is 1. The highest BCUT2D eigenvalue weighted by molar-refractivity contribution is 5.90. The Morgan fingerprint density at radius 2 is 1.16 bits per heavy atom. The fraction of sp³-hybridized carbons (Fsp3) is 0.390. The van der Waals surface area contributed by atoms with Gasteiger partial charge in [-0.05, 0) is 41.5 Å². The van der Waals surface area contributed by atoms with Crippen molar-refractivity contribution in [2.24, 2.45) is 0 Å².